The summed E-state index contributed by atoms with van der Waals surface area (Å²) in [4.78, 5) is 0. The molecule has 16 heavy (non-hydrogen) atoms. The third kappa shape index (κ3) is 3.62. The van der Waals surface area contributed by atoms with Gasteiger partial charge in [-0.25, -0.2) is 0 Å². The highest BCUT2D eigenvalue weighted by atomic mass is 16.3. The first kappa shape index (κ1) is 13.2. The van der Waals surface area contributed by atoms with E-state index in [4.69, 9.17) is 10.8 Å². The highest BCUT2D eigenvalue weighted by molar-refractivity contribution is 5.27. The van der Waals surface area contributed by atoms with Gasteiger partial charge >= 0.3 is 0 Å². The molecule has 0 aliphatic carbocycles. The number of nitrogens with two attached hydrogens (primary N) is 1. The first-order valence-corrected chi connectivity index (χ1v) is 6.09. The van der Waals surface area contributed by atoms with Crippen LogP contribution in [0.3, 0.4) is 0 Å². The van der Waals surface area contributed by atoms with Crippen LogP contribution in [0.1, 0.15) is 44.2 Å². The number of aryl methyl sites for hydroxylation is 1. The zero-order valence-corrected chi connectivity index (χ0v) is 10.4. The average molecular weight is 221 g/mol. The summed E-state index contributed by atoms with van der Waals surface area (Å²) in [5, 5.41) is 8.95. The summed E-state index contributed by atoms with van der Waals surface area (Å²) in [5.41, 5.74) is 8.19. The van der Waals surface area contributed by atoms with E-state index < -0.39 is 5.54 Å². The van der Waals surface area contributed by atoms with Crippen LogP contribution < -0.4 is 5.73 Å². The summed E-state index contributed by atoms with van der Waals surface area (Å²) in [7, 11) is 0. The van der Waals surface area contributed by atoms with E-state index in [0.717, 1.165) is 12.0 Å². The highest BCUT2D eigenvalue weighted by Gasteiger charge is 2.19. The molecule has 0 bridgehead atoms. The topological polar surface area (TPSA) is 46.2 Å². The Bertz CT molecular complexity index is 303. The van der Waals surface area contributed by atoms with E-state index in [1.54, 1.807) is 0 Å². The molecule has 0 aromatic heterocycles. The smallest absolute Gasteiger partial charge is 0.0451 e. The van der Waals surface area contributed by atoms with Crippen LogP contribution in [-0.4, -0.2) is 11.7 Å². The lowest BCUT2D eigenvalue weighted by molar-refractivity contribution is 0.247. The molecule has 90 valence electrons. The van der Waals surface area contributed by atoms with E-state index in [9.17, 15) is 0 Å². The van der Waals surface area contributed by atoms with Gasteiger partial charge in [-0.05, 0) is 37.3 Å². The maximum absolute atomic E-state index is 8.95. The second kappa shape index (κ2) is 6.02. The minimum absolute atomic E-state index is 0.130. The van der Waals surface area contributed by atoms with Crippen molar-refractivity contribution in [1.29, 1.82) is 0 Å². The molecule has 0 aliphatic heterocycles. The molecule has 1 aromatic rings. The number of benzene rings is 1. The second-order valence-electron chi connectivity index (χ2n) is 4.69. The van der Waals surface area contributed by atoms with Crippen LogP contribution in [0.15, 0.2) is 24.3 Å². The van der Waals surface area contributed by atoms with Crippen LogP contribution in [0.5, 0.6) is 0 Å². The summed E-state index contributed by atoms with van der Waals surface area (Å²) >= 11 is 0. The van der Waals surface area contributed by atoms with Gasteiger partial charge in [-0.2, -0.15) is 0 Å². The van der Waals surface area contributed by atoms with Gasteiger partial charge in [0.2, 0.25) is 0 Å². The SMILES string of the molecule is CCCCc1ccc(C(C)(N)CCO)cc1. The summed E-state index contributed by atoms with van der Waals surface area (Å²) < 4.78 is 0. The number of aliphatic hydroxyl groups is 1. The molecule has 2 nitrogen and oxygen atoms in total. The van der Waals surface area contributed by atoms with Gasteiger partial charge in [0.15, 0.2) is 0 Å². The molecular formula is C14H23NO. The Morgan fingerprint density at radius 1 is 1.25 bits per heavy atom. The van der Waals surface area contributed by atoms with E-state index >= 15 is 0 Å². The van der Waals surface area contributed by atoms with Crippen LogP contribution in [0, 0.1) is 0 Å². The second-order valence-corrected chi connectivity index (χ2v) is 4.69. The third-order valence-electron chi connectivity index (χ3n) is 3.06. The quantitative estimate of drug-likeness (QED) is 0.775. The van der Waals surface area contributed by atoms with Gasteiger partial charge in [-0.1, -0.05) is 37.6 Å². The van der Waals surface area contributed by atoms with Gasteiger partial charge in [-0.3, -0.25) is 0 Å². The number of hydrogen-bond acceptors (Lipinski definition) is 2. The molecule has 0 fully saturated rings. The molecule has 2 heteroatoms. The maximum atomic E-state index is 8.95. The van der Waals surface area contributed by atoms with Crippen LogP contribution >= 0.6 is 0 Å². The molecule has 1 unspecified atom stereocenters. The highest BCUT2D eigenvalue weighted by Crippen LogP contribution is 2.21. The number of aliphatic hydroxyl groups excluding tert-OH is 1. The minimum atomic E-state index is -0.419. The Morgan fingerprint density at radius 2 is 1.88 bits per heavy atom. The number of unbranched alkanes of at least 4 members (excludes halogenated alkanes) is 1. The van der Waals surface area contributed by atoms with Crippen molar-refractivity contribution in [2.75, 3.05) is 6.61 Å². The standard InChI is InChI=1S/C14H23NO/c1-3-4-5-12-6-8-13(9-7-12)14(2,15)10-11-16/h6-9,16H,3-5,10-11,15H2,1-2H3. The van der Waals surface area contributed by atoms with Crippen molar-refractivity contribution < 1.29 is 5.11 Å². The summed E-state index contributed by atoms with van der Waals surface area (Å²) in [6, 6.07) is 8.46. The van der Waals surface area contributed by atoms with Crippen LogP contribution in [0.25, 0.3) is 0 Å². The molecule has 1 atom stereocenters. The fraction of sp³-hybridized carbons (Fsp3) is 0.571. The Hall–Kier alpha value is -0.860. The van der Waals surface area contributed by atoms with Crippen molar-refractivity contribution in [3.63, 3.8) is 0 Å². The van der Waals surface area contributed by atoms with Crippen molar-refractivity contribution in [1.82, 2.24) is 0 Å². The van der Waals surface area contributed by atoms with Gasteiger partial charge in [-0.15, -0.1) is 0 Å². The molecule has 0 aliphatic rings. The van der Waals surface area contributed by atoms with Gasteiger partial charge in [0.25, 0.3) is 0 Å². The maximum Gasteiger partial charge on any atom is 0.0451 e. The molecule has 0 spiro atoms. The number of rotatable bonds is 6. The Balaban J connectivity index is 2.70. The molecule has 1 aromatic carbocycles. The Morgan fingerprint density at radius 3 is 2.38 bits per heavy atom. The third-order valence-corrected chi connectivity index (χ3v) is 3.06. The summed E-state index contributed by atoms with van der Waals surface area (Å²) in [6.07, 6.45) is 4.19. The van der Waals surface area contributed by atoms with E-state index in [0.29, 0.717) is 6.42 Å². The largest absolute Gasteiger partial charge is 0.396 e. The molecular weight excluding hydrogens is 198 g/mol. The predicted molar refractivity (Wildman–Crippen MR) is 68.3 cm³/mol. The van der Waals surface area contributed by atoms with E-state index in [2.05, 4.69) is 31.2 Å². The van der Waals surface area contributed by atoms with Crippen LogP contribution in [0.4, 0.5) is 0 Å². The lowest BCUT2D eigenvalue weighted by atomic mass is 9.89. The Kier molecular flexibility index (Phi) is 4.97. The lowest BCUT2D eigenvalue weighted by Crippen LogP contribution is -2.33. The van der Waals surface area contributed by atoms with E-state index in [-0.39, 0.29) is 6.61 Å². The fourth-order valence-corrected chi connectivity index (χ4v) is 1.81. The summed E-state index contributed by atoms with van der Waals surface area (Å²) in [6.45, 7) is 4.29. The molecule has 3 N–H and O–H groups in total. The Labute approximate surface area is 98.5 Å². The van der Waals surface area contributed by atoms with Crippen molar-refractivity contribution in [2.45, 2.75) is 45.1 Å². The van der Waals surface area contributed by atoms with Crippen molar-refractivity contribution >= 4 is 0 Å². The van der Waals surface area contributed by atoms with E-state index in [1.807, 2.05) is 6.92 Å². The lowest BCUT2D eigenvalue weighted by Gasteiger charge is -2.24. The first-order valence-electron chi connectivity index (χ1n) is 6.09. The minimum Gasteiger partial charge on any atom is -0.396 e. The first-order chi connectivity index (χ1) is 7.60. The van der Waals surface area contributed by atoms with Gasteiger partial charge < -0.3 is 10.8 Å². The molecule has 0 amide bonds. The van der Waals surface area contributed by atoms with Gasteiger partial charge in [0.1, 0.15) is 0 Å². The number of hydrogen-bond donors (Lipinski definition) is 2. The molecule has 1 rings (SSSR count). The molecule has 0 saturated carbocycles. The molecule has 0 radical (unpaired) electrons. The van der Waals surface area contributed by atoms with Gasteiger partial charge in [0, 0.05) is 12.1 Å². The summed E-state index contributed by atoms with van der Waals surface area (Å²) in [5.74, 6) is 0. The van der Waals surface area contributed by atoms with Crippen LogP contribution in [0.2, 0.25) is 0 Å². The normalized spacial score (nSPS) is 14.8. The molecule has 0 saturated heterocycles. The predicted octanol–water partition coefficient (Wildman–Crippen LogP) is 2.59. The van der Waals surface area contributed by atoms with E-state index in [1.165, 1.54) is 18.4 Å². The fourth-order valence-electron chi connectivity index (χ4n) is 1.81. The van der Waals surface area contributed by atoms with Gasteiger partial charge in [0.05, 0.1) is 0 Å². The zero-order valence-electron chi connectivity index (χ0n) is 10.4. The van der Waals surface area contributed by atoms with Crippen LogP contribution in [-0.2, 0) is 12.0 Å². The van der Waals surface area contributed by atoms with Crippen molar-refractivity contribution in [2.24, 2.45) is 5.73 Å². The molecule has 0 heterocycles. The van der Waals surface area contributed by atoms with Crippen molar-refractivity contribution in [3.8, 4) is 0 Å². The van der Waals surface area contributed by atoms with Crippen molar-refractivity contribution in [3.05, 3.63) is 35.4 Å². The average Bonchev–Trinajstić information content (AvgIpc) is 2.27. The monoisotopic (exact) mass is 221 g/mol. The zero-order chi connectivity index (χ0) is 12.0.